The molecule has 0 aliphatic heterocycles. The van der Waals surface area contributed by atoms with Gasteiger partial charge in [-0.3, -0.25) is 9.59 Å². The minimum Gasteiger partial charge on any atom is -0.480 e. The number of ether oxygens (including phenoxy) is 1. The molecule has 0 spiro atoms. The molecule has 0 saturated heterocycles. The van der Waals surface area contributed by atoms with Gasteiger partial charge in [0.2, 0.25) is 0 Å². The van der Waals surface area contributed by atoms with E-state index in [-0.39, 0.29) is 13.0 Å². The van der Waals surface area contributed by atoms with Crippen molar-refractivity contribution in [2.45, 2.75) is 12.5 Å². The minimum atomic E-state index is -1.05. The first-order chi connectivity index (χ1) is 8.02. The zero-order chi connectivity index (χ0) is 12.8. The molecule has 5 N–H and O–H groups in total. The van der Waals surface area contributed by atoms with Gasteiger partial charge >= 0.3 is 11.9 Å². The number of carboxylic acid groups (broad SMARTS) is 1. The van der Waals surface area contributed by atoms with Gasteiger partial charge in [0.15, 0.2) is 0 Å². The molecule has 1 rings (SSSR count). The molecule has 0 fully saturated rings. The highest BCUT2D eigenvalue weighted by atomic mass is 16.5. The van der Waals surface area contributed by atoms with Crippen molar-refractivity contribution in [1.82, 2.24) is 0 Å². The molecule has 0 heterocycles. The zero-order valence-corrected chi connectivity index (χ0v) is 9.13. The number of hydrogen-bond acceptors (Lipinski definition) is 5. The molecule has 1 aromatic rings. The molecule has 0 saturated carbocycles. The van der Waals surface area contributed by atoms with Gasteiger partial charge in [-0.25, -0.2) is 0 Å². The number of aliphatic carboxylic acids is 1. The van der Waals surface area contributed by atoms with Crippen LogP contribution in [0.5, 0.6) is 5.75 Å². The van der Waals surface area contributed by atoms with Crippen molar-refractivity contribution in [1.29, 1.82) is 0 Å². The van der Waals surface area contributed by atoms with Gasteiger partial charge in [-0.2, -0.15) is 0 Å². The van der Waals surface area contributed by atoms with Crippen LogP contribution in [0.4, 0.5) is 0 Å². The predicted octanol–water partition coefficient (Wildman–Crippen LogP) is -0.495. The van der Waals surface area contributed by atoms with Gasteiger partial charge in [-0.05, 0) is 24.1 Å². The first-order valence-electron chi connectivity index (χ1n) is 5.01. The lowest BCUT2D eigenvalue weighted by atomic mass is 10.1. The van der Waals surface area contributed by atoms with E-state index in [1.54, 1.807) is 24.3 Å². The normalized spacial score (nSPS) is 11.9. The molecule has 0 aliphatic rings. The topological polar surface area (TPSA) is 116 Å². The molecule has 0 bridgehead atoms. The Hall–Kier alpha value is -1.92. The van der Waals surface area contributed by atoms with Crippen molar-refractivity contribution >= 4 is 11.9 Å². The monoisotopic (exact) mass is 238 g/mol. The summed E-state index contributed by atoms with van der Waals surface area (Å²) in [6, 6.07) is 5.51. The Morgan fingerprint density at radius 2 is 1.88 bits per heavy atom. The molecule has 0 radical (unpaired) electrons. The van der Waals surface area contributed by atoms with Gasteiger partial charge in [-0.15, -0.1) is 0 Å². The summed E-state index contributed by atoms with van der Waals surface area (Å²) in [5.41, 5.74) is 11.2. The van der Waals surface area contributed by atoms with Crippen LogP contribution in [0.3, 0.4) is 0 Å². The summed E-state index contributed by atoms with van der Waals surface area (Å²) in [4.78, 5) is 21.4. The number of hydrogen-bond donors (Lipinski definition) is 3. The van der Waals surface area contributed by atoms with Crippen LogP contribution in [-0.2, 0) is 16.0 Å². The highest BCUT2D eigenvalue weighted by Crippen LogP contribution is 2.13. The van der Waals surface area contributed by atoms with Crippen molar-refractivity contribution in [2.24, 2.45) is 11.5 Å². The zero-order valence-electron chi connectivity index (χ0n) is 9.13. The van der Waals surface area contributed by atoms with Crippen molar-refractivity contribution < 1.29 is 19.4 Å². The highest BCUT2D eigenvalue weighted by Gasteiger charge is 2.12. The Morgan fingerprint density at radius 1 is 1.29 bits per heavy atom. The van der Waals surface area contributed by atoms with Crippen molar-refractivity contribution in [3.63, 3.8) is 0 Å². The number of nitrogens with two attached hydrogens (primary N) is 2. The number of rotatable bonds is 5. The lowest BCUT2D eigenvalue weighted by Gasteiger charge is -2.07. The molecule has 17 heavy (non-hydrogen) atoms. The molecule has 0 amide bonds. The number of benzene rings is 1. The smallest absolute Gasteiger partial charge is 0.325 e. The highest BCUT2D eigenvalue weighted by molar-refractivity contribution is 5.74. The molecular weight excluding hydrogens is 224 g/mol. The standard InChI is InChI=1S/C11H14N2O4/c12-6-10(14)17-8-3-1-7(2-4-8)5-9(13)11(15)16/h1-4,9H,5-6,12-13H2,(H,15,16)/t9-/m0/s1. The van der Waals surface area contributed by atoms with E-state index in [1.807, 2.05) is 0 Å². The first-order valence-corrected chi connectivity index (χ1v) is 5.01. The van der Waals surface area contributed by atoms with Crippen LogP contribution in [0.1, 0.15) is 5.56 Å². The number of carboxylic acids is 1. The summed E-state index contributed by atoms with van der Waals surface area (Å²) in [7, 11) is 0. The van der Waals surface area contributed by atoms with E-state index in [0.29, 0.717) is 5.75 Å². The molecule has 6 nitrogen and oxygen atoms in total. The van der Waals surface area contributed by atoms with E-state index in [4.69, 9.17) is 21.3 Å². The fourth-order valence-corrected chi connectivity index (χ4v) is 1.21. The van der Waals surface area contributed by atoms with Gasteiger partial charge < -0.3 is 21.3 Å². The molecule has 0 unspecified atom stereocenters. The molecular formula is C11H14N2O4. The predicted molar refractivity (Wildman–Crippen MR) is 60.4 cm³/mol. The minimum absolute atomic E-state index is 0.189. The SMILES string of the molecule is NCC(=O)Oc1ccc(C[C@H](N)C(=O)O)cc1. The Kier molecular flexibility index (Phi) is 4.62. The first kappa shape index (κ1) is 13.1. The maximum atomic E-state index is 10.9. The summed E-state index contributed by atoms with van der Waals surface area (Å²) in [5, 5.41) is 8.64. The third kappa shape index (κ3) is 4.21. The lowest BCUT2D eigenvalue weighted by molar-refractivity contribution is -0.138. The largest absolute Gasteiger partial charge is 0.480 e. The van der Waals surface area contributed by atoms with E-state index in [2.05, 4.69) is 0 Å². The van der Waals surface area contributed by atoms with Gasteiger partial charge in [0, 0.05) is 0 Å². The number of carbonyl (C=O) groups excluding carboxylic acids is 1. The third-order valence-corrected chi connectivity index (χ3v) is 2.09. The summed E-state index contributed by atoms with van der Waals surface area (Å²) in [6.07, 6.45) is 0.223. The van der Waals surface area contributed by atoms with Crippen LogP contribution in [0.15, 0.2) is 24.3 Å². The van der Waals surface area contributed by atoms with E-state index in [0.717, 1.165) is 5.56 Å². The molecule has 0 aromatic heterocycles. The Bertz CT molecular complexity index is 402. The summed E-state index contributed by atoms with van der Waals surface area (Å²) >= 11 is 0. The lowest BCUT2D eigenvalue weighted by Crippen LogP contribution is -2.32. The molecule has 6 heteroatoms. The molecule has 0 aliphatic carbocycles. The fourth-order valence-electron chi connectivity index (χ4n) is 1.21. The summed E-state index contributed by atoms with van der Waals surface area (Å²) in [5.74, 6) is -1.21. The second kappa shape index (κ2) is 5.97. The van der Waals surface area contributed by atoms with Gasteiger partial charge in [0.05, 0.1) is 6.54 Å². The Morgan fingerprint density at radius 3 is 2.35 bits per heavy atom. The van der Waals surface area contributed by atoms with Gasteiger partial charge in [0.1, 0.15) is 11.8 Å². The van der Waals surface area contributed by atoms with Crippen LogP contribution in [0, 0.1) is 0 Å². The second-order valence-electron chi connectivity index (χ2n) is 3.47. The van der Waals surface area contributed by atoms with E-state index in [1.165, 1.54) is 0 Å². The van der Waals surface area contributed by atoms with Crippen LogP contribution in [0.2, 0.25) is 0 Å². The number of carbonyl (C=O) groups is 2. The summed E-state index contributed by atoms with van der Waals surface area (Å²) in [6.45, 7) is -0.189. The van der Waals surface area contributed by atoms with E-state index >= 15 is 0 Å². The van der Waals surface area contributed by atoms with Crippen LogP contribution < -0.4 is 16.2 Å². The molecule has 92 valence electrons. The van der Waals surface area contributed by atoms with Gasteiger partial charge in [0.25, 0.3) is 0 Å². The van der Waals surface area contributed by atoms with Crippen molar-refractivity contribution in [3.8, 4) is 5.75 Å². The quantitative estimate of drug-likeness (QED) is 0.470. The van der Waals surface area contributed by atoms with E-state index < -0.39 is 18.0 Å². The van der Waals surface area contributed by atoms with Crippen LogP contribution in [0.25, 0.3) is 0 Å². The summed E-state index contributed by atoms with van der Waals surface area (Å²) < 4.78 is 4.86. The Labute approximate surface area is 98.2 Å². The number of esters is 1. The van der Waals surface area contributed by atoms with Crippen molar-refractivity contribution in [2.75, 3.05) is 6.54 Å². The van der Waals surface area contributed by atoms with Crippen molar-refractivity contribution in [3.05, 3.63) is 29.8 Å². The fraction of sp³-hybridized carbons (Fsp3) is 0.273. The van der Waals surface area contributed by atoms with Gasteiger partial charge in [-0.1, -0.05) is 12.1 Å². The Balaban J connectivity index is 2.62. The third-order valence-electron chi connectivity index (χ3n) is 2.09. The van der Waals surface area contributed by atoms with Crippen LogP contribution in [-0.4, -0.2) is 29.6 Å². The van der Waals surface area contributed by atoms with Crippen LogP contribution >= 0.6 is 0 Å². The average molecular weight is 238 g/mol. The molecule has 1 atom stereocenters. The maximum absolute atomic E-state index is 10.9. The maximum Gasteiger partial charge on any atom is 0.325 e. The second-order valence-corrected chi connectivity index (χ2v) is 3.47. The average Bonchev–Trinajstić information content (AvgIpc) is 2.31. The molecule has 1 aromatic carbocycles. The van der Waals surface area contributed by atoms with E-state index in [9.17, 15) is 9.59 Å².